The Kier molecular flexibility index (Phi) is 3.79. The van der Waals surface area contributed by atoms with Crippen LogP contribution in [0.25, 0.3) is 0 Å². The Balaban J connectivity index is 2.35. The van der Waals surface area contributed by atoms with Gasteiger partial charge in [0.15, 0.2) is 0 Å². The summed E-state index contributed by atoms with van der Waals surface area (Å²) in [6.45, 7) is 0. The fourth-order valence-corrected chi connectivity index (χ4v) is 1.91. The van der Waals surface area contributed by atoms with Gasteiger partial charge in [0.05, 0.1) is 16.9 Å². The van der Waals surface area contributed by atoms with Gasteiger partial charge in [0, 0.05) is 17.2 Å². The lowest BCUT2D eigenvalue weighted by Gasteiger charge is -2.09. The zero-order valence-electron chi connectivity index (χ0n) is 9.79. The zero-order valence-corrected chi connectivity index (χ0v) is 10.5. The van der Waals surface area contributed by atoms with Crippen molar-refractivity contribution >= 4 is 17.3 Å². The standard InChI is InChI=1S/C14H9ClN2O2/c15-12-5-1-10(2-6-12)14(9-16)11-3-7-13(8-4-11)17(18)19/h1-8,14H/t14-/m0/s1. The van der Waals surface area contributed by atoms with E-state index in [2.05, 4.69) is 6.07 Å². The van der Waals surface area contributed by atoms with Crippen LogP contribution in [0.4, 0.5) is 5.69 Å². The predicted molar refractivity (Wildman–Crippen MR) is 72.0 cm³/mol. The molecular formula is C14H9ClN2O2. The van der Waals surface area contributed by atoms with Crippen LogP contribution in [0.15, 0.2) is 48.5 Å². The molecule has 0 saturated heterocycles. The Morgan fingerprint density at radius 3 is 1.95 bits per heavy atom. The molecule has 0 aliphatic carbocycles. The van der Waals surface area contributed by atoms with Gasteiger partial charge in [-0.15, -0.1) is 0 Å². The molecule has 0 spiro atoms. The second kappa shape index (κ2) is 5.51. The van der Waals surface area contributed by atoms with Crippen LogP contribution >= 0.6 is 11.6 Å². The number of non-ortho nitro benzene ring substituents is 1. The fraction of sp³-hybridized carbons (Fsp3) is 0.0714. The molecule has 94 valence electrons. The van der Waals surface area contributed by atoms with E-state index >= 15 is 0 Å². The van der Waals surface area contributed by atoms with Crippen LogP contribution in [0.1, 0.15) is 17.0 Å². The van der Waals surface area contributed by atoms with Crippen molar-refractivity contribution in [3.05, 3.63) is 74.8 Å². The molecule has 0 aliphatic rings. The second-order valence-electron chi connectivity index (χ2n) is 3.96. The molecule has 0 heterocycles. The Labute approximate surface area is 115 Å². The van der Waals surface area contributed by atoms with Crippen LogP contribution in [-0.2, 0) is 0 Å². The van der Waals surface area contributed by atoms with Crippen LogP contribution in [-0.4, -0.2) is 4.92 Å². The molecule has 0 fully saturated rings. The molecule has 0 unspecified atom stereocenters. The van der Waals surface area contributed by atoms with E-state index in [1.54, 1.807) is 36.4 Å². The van der Waals surface area contributed by atoms with Gasteiger partial charge in [-0.3, -0.25) is 10.1 Å². The number of hydrogen-bond acceptors (Lipinski definition) is 3. The van der Waals surface area contributed by atoms with Gasteiger partial charge >= 0.3 is 0 Å². The van der Waals surface area contributed by atoms with Gasteiger partial charge in [-0.1, -0.05) is 35.9 Å². The van der Waals surface area contributed by atoms with Crippen LogP contribution in [0.5, 0.6) is 0 Å². The molecular weight excluding hydrogens is 264 g/mol. The molecule has 1 atom stereocenters. The number of nitriles is 1. The van der Waals surface area contributed by atoms with Crippen molar-refractivity contribution in [1.29, 1.82) is 5.26 Å². The third-order valence-corrected chi connectivity index (χ3v) is 3.02. The van der Waals surface area contributed by atoms with E-state index in [9.17, 15) is 15.4 Å². The lowest BCUT2D eigenvalue weighted by atomic mass is 9.92. The largest absolute Gasteiger partial charge is 0.269 e. The molecule has 0 aliphatic heterocycles. The molecule has 0 bridgehead atoms. The molecule has 2 aromatic rings. The van der Waals surface area contributed by atoms with E-state index in [1.165, 1.54) is 12.1 Å². The van der Waals surface area contributed by atoms with Crippen molar-refractivity contribution in [3.63, 3.8) is 0 Å². The normalized spacial score (nSPS) is 11.6. The van der Waals surface area contributed by atoms with E-state index in [1.807, 2.05) is 0 Å². The van der Waals surface area contributed by atoms with Crippen molar-refractivity contribution in [2.75, 3.05) is 0 Å². The van der Waals surface area contributed by atoms with Crippen molar-refractivity contribution < 1.29 is 4.92 Å². The molecule has 5 heteroatoms. The minimum Gasteiger partial charge on any atom is -0.258 e. The zero-order chi connectivity index (χ0) is 13.8. The summed E-state index contributed by atoms with van der Waals surface area (Å²) >= 11 is 5.80. The highest BCUT2D eigenvalue weighted by Crippen LogP contribution is 2.26. The van der Waals surface area contributed by atoms with Gasteiger partial charge in [0.25, 0.3) is 5.69 Å². The van der Waals surface area contributed by atoms with Crippen molar-refractivity contribution in [2.24, 2.45) is 0 Å². The highest BCUT2D eigenvalue weighted by Gasteiger charge is 2.14. The highest BCUT2D eigenvalue weighted by molar-refractivity contribution is 6.30. The van der Waals surface area contributed by atoms with E-state index in [0.717, 1.165) is 11.1 Å². The molecule has 0 aromatic heterocycles. The summed E-state index contributed by atoms with van der Waals surface area (Å²) < 4.78 is 0. The van der Waals surface area contributed by atoms with Crippen molar-refractivity contribution in [3.8, 4) is 6.07 Å². The molecule has 2 rings (SSSR count). The third kappa shape index (κ3) is 2.90. The maximum Gasteiger partial charge on any atom is 0.269 e. The Morgan fingerprint density at radius 2 is 1.53 bits per heavy atom. The smallest absolute Gasteiger partial charge is 0.258 e. The van der Waals surface area contributed by atoms with E-state index in [0.29, 0.717) is 5.02 Å². The van der Waals surface area contributed by atoms with Gasteiger partial charge < -0.3 is 0 Å². The first kappa shape index (κ1) is 13.1. The molecule has 19 heavy (non-hydrogen) atoms. The first-order valence-electron chi connectivity index (χ1n) is 5.51. The third-order valence-electron chi connectivity index (χ3n) is 2.77. The minimum absolute atomic E-state index is 0.0107. The second-order valence-corrected chi connectivity index (χ2v) is 4.40. The Hall–Kier alpha value is -2.38. The predicted octanol–water partition coefficient (Wildman–Crippen LogP) is 3.90. The minimum atomic E-state index is -0.465. The SMILES string of the molecule is N#C[C@@H](c1ccc(Cl)cc1)c1ccc([N+](=O)[O-])cc1. The number of benzene rings is 2. The van der Waals surface area contributed by atoms with Crippen LogP contribution < -0.4 is 0 Å². The van der Waals surface area contributed by atoms with Gasteiger partial charge in [-0.05, 0) is 23.3 Å². The molecule has 4 nitrogen and oxygen atoms in total. The topological polar surface area (TPSA) is 66.9 Å². The number of nitrogens with zero attached hydrogens (tertiary/aromatic N) is 2. The van der Waals surface area contributed by atoms with E-state index in [4.69, 9.17) is 11.6 Å². The summed E-state index contributed by atoms with van der Waals surface area (Å²) in [5.41, 5.74) is 1.53. The number of halogens is 1. The summed E-state index contributed by atoms with van der Waals surface area (Å²) in [7, 11) is 0. The summed E-state index contributed by atoms with van der Waals surface area (Å²) in [5.74, 6) is -0.460. The maximum atomic E-state index is 10.6. The highest BCUT2D eigenvalue weighted by atomic mass is 35.5. The van der Waals surface area contributed by atoms with Crippen LogP contribution in [0.2, 0.25) is 5.02 Å². The number of hydrogen-bond donors (Lipinski definition) is 0. The van der Waals surface area contributed by atoms with Gasteiger partial charge in [-0.25, -0.2) is 0 Å². The van der Waals surface area contributed by atoms with E-state index < -0.39 is 10.8 Å². The Bertz CT molecular complexity index is 630. The molecule has 0 radical (unpaired) electrons. The summed E-state index contributed by atoms with van der Waals surface area (Å²) in [4.78, 5) is 10.1. The summed E-state index contributed by atoms with van der Waals surface area (Å²) in [6.07, 6.45) is 0. The molecule has 2 aromatic carbocycles. The number of nitro benzene ring substituents is 1. The first-order chi connectivity index (χ1) is 9.11. The molecule has 0 saturated carbocycles. The lowest BCUT2D eigenvalue weighted by Crippen LogP contribution is -1.98. The Morgan fingerprint density at radius 1 is 1.05 bits per heavy atom. The monoisotopic (exact) mass is 272 g/mol. The molecule has 0 amide bonds. The number of nitro groups is 1. The summed E-state index contributed by atoms with van der Waals surface area (Å²) in [6, 6.07) is 15.2. The first-order valence-corrected chi connectivity index (χ1v) is 5.89. The van der Waals surface area contributed by atoms with Crippen LogP contribution in [0.3, 0.4) is 0 Å². The van der Waals surface area contributed by atoms with Gasteiger partial charge in [0.1, 0.15) is 0 Å². The number of rotatable bonds is 3. The van der Waals surface area contributed by atoms with E-state index in [-0.39, 0.29) is 5.69 Å². The summed E-state index contributed by atoms with van der Waals surface area (Å²) in [5, 5.41) is 20.4. The molecule has 0 N–H and O–H groups in total. The van der Waals surface area contributed by atoms with Gasteiger partial charge in [0.2, 0.25) is 0 Å². The average Bonchev–Trinajstić information content (AvgIpc) is 2.42. The van der Waals surface area contributed by atoms with Crippen molar-refractivity contribution in [1.82, 2.24) is 0 Å². The van der Waals surface area contributed by atoms with Gasteiger partial charge in [-0.2, -0.15) is 5.26 Å². The lowest BCUT2D eigenvalue weighted by molar-refractivity contribution is -0.384. The quantitative estimate of drug-likeness (QED) is 0.628. The van der Waals surface area contributed by atoms with Crippen molar-refractivity contribution in [2.45, 2.75) is 5.92 Å². The van der Waals surface area contributed by atoms with Crippen LogP contribution in [0, 0.1) is 21.4 Å². The maximum absolute atomic E-state index is 10.6. The average molecular weight is 273 g/mol. The fourth-order valence-electron chi connectivity index (χ4n) is 1.79.